The van der Waals surface area contributed by atoms with Crippen molar-refractivity contribution in [1.82, 2.24) is 10.3 Å². The molecule has 2 heterocycles. The number of aromatic nitrogens is 1. The number of nitrogens with one attached hydrogen (secondary N) is 1. The van der Waals surface area contributed by atoms with E-state index in [0.29, 0.717) is 0 Å². The van der Waals surface area contributed by atoms with Gasteiger partial charge in [-0.05, 0) is 66.6 Å². The van der Waals surface area contributed by atoms with Crippen molar-refractivity contribution in [2.45, 2.75) is 32.2 Å². The van der Waals surface area contributed by atoms with Crippen LogP contribution in [-0.4, -0.2) is 18.0 Å². The number of amides is 1. The average molecular weight is 443 g/mol. The molecule has 0 bridgehead atoms. The molecule has 0 aliphatic heterocycles. The number of carbonyl (C=O) groups is 1. The molecular weight excluding hydrogens is 416 g/mol. The number of rotatable bonds is 5. The van der Waals surface area contributed by atoms with Gasteiger partial charge in [0.1, 0.15) is 10.6 Å². The minimum atomic E-state index is 0.00570. The number of hydrogen-bond donors (Lipinski definition) is 1. The first kappa shape index (κ1) is 20.7. The van der Waals surface area contributed by atoms with Gasteiger partial charge in [-0.1, -0.05) is 42.5 Å². The highest BCUT2D eigenvalue weighted by Gasteiger charge is 2.29. The van der Waals surface area contributed by atoms with Crippen molar-refractivity contribution >= 4 is 27.5 Å². The highest BCUT2D eigenvalue weighted by molar-refractivity contribution is 7.19. The van der Waals surface area contributed by atoms with Gasteiger partial charge in [0, 0.05) is 22.4 Å². The van der Waals surface area contributed by atoms with Crippen LogP contribution in [0, 0.1) is 5.92 Å². The summed E-state index contributed by atoms with van der Waals surface area (Å²) in [6, 6.07) is 20.4. The molecule has 0 saturated heterocycles. The molecule has 162 valence electrons. The molecule has 0 radical (unpaired) electrons. The third-order valence-electron chi connectivity index (χ3n) is 6.38. The van der Waals surface area contributed by atoms with E-state index in [1.165, 1.54) is 21.4 Å². The van der Waals surface area contributed by atoms with Crippen LogP contribution in [-0.2, 0) is 17.6 Å². The van der Waals surface area contributed by atoms with Gasteiger partial charge in [0.15, 0.2) is 0 Å². The predicted molar refractivity (Wildman–Crippen MR) is 130 cm³/mol. The van der Waals surface area contributed by atoms with Crippen molar-refractivity contribution in [2.75, 3.05) is 7.11 Å². The summed E-state index contributed by atoms with van der Waals surface area (Å²) in [4.78, 5) is 20.0. The topological polar surface area (TPSA) is 51.2 Å². The molecule has 32 heavy (non-hydrogen) atoms. The Labute approximate surface area is 192 Å². The summed E-state index contributed by atoms with van der Waals surface area (Å²) in [6.07, 6.45) is 4.44. The fourth-order valence-corrected chi connectivity index (χ4v) is 5.89. The smallest absolute Gasteiger partial charge is 0.223 e. The second-order valence-electron chi connectivity index (χ2n) is 8.35. The fraction of sp³-hybridized carbons (Fsp3) is 0.259. The standard InChI is InChI=1S/C27H26N2O2S/c1-17(18-6-4-3-5-7-18)29-26(30)20-10-13-23-24(16-20)32-27-25(23)22(14-15-28-27)19-8-11-21(31-2)12-9-19/h3-9,11-12,14-15,17,20H,10,13,16H2,1-2H3,(H,29,30)/t17-,20?/m1/s1. The minimum Gasteiger partial charge on any atom is -0.497 e. The van der Waals surface area contributed by atoms with Gasteiger partial charge in [0.2, 0.25) is 5.91 Å². The summed E-state index contributed by atoms with van der Waals surface area (Å²) in [5.74, 6) is 1.00. The van der Waals surface area contributed by atoms with Gasteiger partial charge in [-0.25, -0.2) is 4.98 Å². The van der Waals surface area contributed by atoms with Crippen LogP contribution in [0.25, 0.3) is 21.3 Å². The zero-order valence-corrected chi connectivity index (χ0v) is 19.1. The largest absolute Gasteiger partial charge is 0.497 e. The van der Waals surface area contributed by atoms with E-state index < -0.39 is 0 Å². The van der Waals surface area contributed by atoms with E-state index in [2.05, 4.69) is 40.6 Å². The Balaban J connectivity index is 1.40. The van der Waals surface area contributed by atoms with Gasteiger partial charge in [0.05, 0.1) is 13.2 Å². The quantitative estimate of drug-likeness (QED) is 0.415. The molecule has 5 heteroatoms. The van der Waals surface area contributed by atoms with E-state index >= 15 is 0 Å². The number of benzene rings is 2. The van der Waals surface area contributed by atoms with Crippen molar-refractivity contribution in [3.05, 3.63) is 82.9 Å². The lowest BCUT2D eigenvalue weighted by atomic mass is 9.85. The van der Waals surface area contributed by atoms with E-state index in [0.717, 1.165) is 41.0 Å². The van der Waals surface area contributed by atoms with E-state index in [-0.39, 0.29) is 17.9 Å². The molecular formula is C27H26N2O2S. The van der Waals surface area contributed by atoms with Crippen LogP contribution in [0.15, 0.2) is 66.9 Å². The first-order valence-electron chi connectivity index (χ1n) is 11.0. The second-order valence-corrected chi connectivity index (χ2v) is 9.44. The lowest BCUT2D eigenvalue weighted by Crippen LogP contribution is -2.35. The van der Waals surface area contributed by atoms with Crippen LogP contribution in [0.5, 0.6) is 5.75 Å². The van der Waals surface area contributed by atoms with Crippen LogP contribution >= 0.6 is 11.3 Å². The number of pyridine rings is 1. The molecule has 5 rings (SSSR count). The van der Waals surface area contributed by atoms with Crippen LogP contribution in [0.4, 0.5) is 0 Å². The fourth-order valence-electron chi connectivity index (χ4n) is 4.59. The summed E-state index contributed by atoms with van der Waals surface area (Å²) < 4.78 is 5.31. The van der Waals surface area contributed by atoms with Gasteiger partial charge in [-0.2, -0.15) is 0 Å². The molecule has 2 aromatic heterocycles. The maximum absolute atomic E-state index is 13.0. The molecule has 4 aromatic rings. The average Bonchev–Trinajstić information content (AvgIpc) is 3.22. The molecule has 1 aliphatic carbocycles. The zero-order valence-electron chi connectivity index (χ0n) is 18.3. The van der Waals surface area contributed by atoms with E-state index in [1.807, 2.05) is 43.5 Å². The summed E-state index contributed by atoms with van der Waals surface area (Å²) >= 11 is 1.74. The highest BCUT2D eigenvalue weighted by Crippen LogP contribution is 2.42. The molecule has 0 fully saturated rings. The Morgan fingerprint density at radius 1 is 1.12 bits per heavy atom. The SMILES string of the molecule is COc1ccc(-c2ccnc3sc4c(c23)CCC(C(=O)N[C@H](C)c2ccccc2)C4)cc1. The molecule has 1 aliphatic rings. The monoisotopic (exact) mass is 442 g/mol. The zero-order chi connectivity index (χ0) is 22.1. The van der Waals surface area contributed by atoms with Crippen molar-refractivity contribution in [1.29, 1.82) is 0 Å². The number of thiophene rings is 1. The van der Waals surface area contributed by atoms with E-state index in [9.17, 15) is 4.79 Å². The maximum Gasteiger partial charge on any atom is 0.223 e. The normalized spacial score (nSPS) is 16.4. The summed E-state index contributed by atoms with van der Waals surface area (Å²) in [5.41, 5.74) is 4.86. The first-order valence-corrected chi connectivity index (χ1v) is 11.8. The summed E-state index contributed by atoms with van der Waals surface area (Å²) in [5, 5.41) is 4.46. The van der Waals surface area contributed by atoms with E-state index in [1.54, 1.807) is 18.4 Å². The molecule has 1 amide bonds. The van der Waals surface area contributed by atoms with Crippen LogP contribution in [0.1, 0.15) is 35.4 Å². The second kappa shape index (κ2) is 8.75. The molecule has 2 atom stereocenters. The Kier molecular flexibility index (Phi) is 5.66. The van der Waals surface area contributed by atoms with Crippen molar-refractivity contribution < 1.29 is 9.53 Å². The number of hydrogen-bond acceptors (Lipinski definition) is 4. The van der Waals surface area contributed by atoms with Crippen LogP contribution < -0.4 is 10.1 Å². The number of ether oxygens (including phenoxy) is 1. The predicted octanol–water partition coefficient (Wildman–Crippen LogP) is 5.95. The lowest BCUT2D eigenvalue weighted by molar-refractivity contribution is -0.126. The Morgan fingerprint density at radius 3 is 2.66 bits per heavy atom. The summed E-state index contributed by atoms with van der Waals surface area (Å²) in [6.45, 7) is 2.05. The van der Waals surface area contributed by atoms with Gasteiger partial charge in [-0.15, -0.1) is 11.3 Å². The number of carbonyl (C=O) groups excluding carboxylic acids is 1. The third kappa shape index (κ3) is 3.89. The van der Waals surface area contributed by atoms with Gasteiger partial charge < -0.3 is 10.1 Å². The molecule has 0 saturated carbocycles. The Hall–Kier alpha value is -3.18. The minimum absolute atomic E-state index is 0.00570. The maximum atomic E-state index is 13.0. The molecule has 0 spiro atoms. The van der Waals surface area contributed by atoms with Crippen LogP contribution in [0.3, 0.4) is 0 Å². The highest BCUT2D eigenvalue weighted by atomic mass is 32.1. The third-order valence-corrected chi connectivity index (χ3v) is 7.54. The Bertz CT molecular complexity index is 1250. The van der Waals surface area contributed by atoms with Gasteiger partial charge >= 0.3 is 0 Å². The molecule has 2 aromatic carbocycles. The Morgan fingerprint density at radius 2 is 1.91 bits per heavy atom. The van der Waals surface area contributed by atoms with Crippen molar-refractivity contribution in [2.24, 2.45) is 5.92 Å². The first-order chi connectivity index (χ1) is 15.6. The molecule has 1 unspecified atom stereocenters. The number of nitrogens with zero attached hydrogens (tertiary/aromatic N) is 1. The lowest BCUT2D eigenvalue weighted by Gasteiger charge is -2.24. The number of aryl methyl sites for hydroxylation is 1. The van der Waals surface area contributed by atoms with Gasteiger partial charge in [-0.3, -0.25) is 4.79 Å². The molecule has 4 nitrogen and oxygen atoms in total. The molecule has 1 N–H and O–H groups in total. The van der Waals surface area contributed by atoms with Crippen molar-refractivity contribution in [3.8, 4) is 16.9 Å². The van der Waals surface area contributed by atoms with E-state index in [4.69, 9.17) is 4.74 Å². The van der Waals surface area contributed by atoms with Crippen LogP contribution in [0.2, 0.25) is 0 Å². The van der Waals surface area contributed by atoms with Crippen molar-refractivity contribution in [3.63, 3.8) is 0 Å². The summed E-state index contributed by atoms with van der Waals surface area (Å²) in [7, 11) is 1.68. The number of methoxy groups -OCH3 is 1. The number of fused-ring (bicyclic) bond motifs is 3. The van der Waals surface area contributed by atoms with Gasteiger partial charge in [0.25, 0.3) is 0 Å².